The number of hydrogen-bond acceptors (Lipinski definition) is 5. The molecule has 114 valence electrons. The average molecular weight is 293 g/mol. The van der Waals surface area contributed by atoms with Gasteiger partial charge in [0, 0.05) is 19.1 Å². The summed E-state index contributed by atoms with van der Waals surface area (Å²) < 4.78 is 9.94. The first-order chi connectivity index (χ1) is 10.2. The zero-order chi connectivity index (χ0) is 15.2. The lowest BCUT2D eigenvalue weighted by Crippen LogP contribution is -2.44. The number of esters is 1. The van der Waals surface area contributed by atoms with Crippen LogP contribution in [-0.4, -0.2) is 48.4 Å². The summed E-state index contributed by atoms with van der Waals surface area (Å²) in [5.74, 6) is -0.829. The predicted octanol–water partition coefficient (Wildman–Crippen LogP) is 1.18. The quantitative estimate of drug-likeness (QED) is 0.844. The molecule has 1 aromatic rings. The van der Waals surface area contributed by atoms with E-state index in [1.807, 2.05) is 30.3 Å². The molecule has 1 heterocycles. The zero-order valence-corrected chi connectivity index (χ0v) is 11.9. The number of benzene rings is 1. The Labute approximate surface area is 123 Å². The van der Waals surface area contributed by atoms with Crippen LogP contribution >= 0.6 is 0 Å². The van der Waals surface area contributed by atoms with Crippen LogP contribution < -0.4 is 0 Å². The summed E-state index contributed by atoms with van der Waals surface area (Å²) in [6, 6.07) is 8.53. The van der Waals surface area contributed by atoms with Gasteiger partial charge in [-0.25, -0.2) is 9.59 Å². The maximum Gasteiger partial charge on any atom is 0.410 e. The van der Waals surface area contributed by atoms with Crippen molar-refractivity contribution in [2.75, 3.05) is 20.3 Å². The number of likely N-dealkylation sites (tertiary alicyclic amines) is 1. The first kappa shape index (κ1) is 15.3. The maximum absolute atomic E-state index is 12.1. The second kappa shape index (κ2) is 7.08. The van der Waals surface area contributed by atoms with E-state index in [0.717, 1.165) is 5.56 Å². The van der Waals surface area contributed by atoms with Gasteiger partial charge in [-0.05, 0) is 12.0 Å². The number of methoxy groups -OCH3 is 1. The van der Waals surface area contributed by atoms with Crippen LogP contribution in [0.4, 0.5) is 4.79 Å². The van der Waals surface area contributed by atoms with Crippen LogP contribution in [0, 0.1) is 5.92 Å². The lowest BCUT2D eigenvalue weighted by atomic mass is 10.0. The van der Waals surface area contributed by atoms with Gasteiger partial charge in [-0.15, -0.1) is 0 Å². The van der Waals surface area contributed by atoms with Gasteiger partial charge in [-0.1, -0.05) is 30.3 Å². The minimum absolute atomic E-state index is 0.147. The van der Waals surface area contributed by atoms with Gasteiger partial charge in [0.1, 0.15) is 12.6 Å². The first-order valence-electron chi connectivity index (χ1n) is 6.83. The highest BCUT2D eigenvalue weighted by Crippen LogP contribution is 2.26. The number of carbonyl (C=O) groups excluding carboxylic acids is 2. The molecule has 0 aliphatic carbocycles. The number of carbonyl (C=O) groups is 2. The number of ether oxygens (including phenoxy) is 2. The molecule has 6 heteroatoms. The van der Waals surface area contributed by atoms with Gasteiger partial charge >= 0.3 is 12.1 Å². The van der Waals surface area contributed by atoms with Gasteiger partial charge < -0.3 is 14.6 Å². The molecule has 1 aliphatic rings. The molecule has 1 N–H and O–H groups in total. The van der Waals surface area contributed by atoms with E-state index < -0.39 is 18.1 Å². The summed E-state index contributed by atoms with van der Waals surface area (Å²) in [4.78, 5) is 25.2. The highest BCUT2D eigenvalue weighted by Gasteiger charge is 2.43. The monoisotopic (exact) mass is 293 g/mol. The van der Waals surface area contributed by atoms with Crippen molar-refractivity contribution in [3.8, 4) is 0 Å². The zero-order valence-electron chi connectivity index (χ0n) is 11.9. The molecule has 21 heavy (non-hydrogen) atoms. The van der Waals surface area contributed by atoms with E-state index in [2.05, 4.69) is 0 Å². The highest BCUT2D eigenvalue weighted by molar-refractivity contribution is 5.82. The minimum atomic E-state index is -0.775. The molecular formula is C15H19NO5. The Morgan fingerprint density at radius 1 is 1.33 bits per heavy atom. The normalized spacial score (nSPS) is 21.1. The number of nitrogens with zero attached hydrogens (tertiary/aromatic N) is 1. The molecule has 1 fully saturated rings. The summed E-state index contributed by atoms with van der Waals surface area (Å²) in [6.07, 6.45) is -0.0123. The molecular weight excluding hydrogens is 274 g/mol. The fraction of sp³-hybridized carbons (Fsp3) is 0.467. The fourth-order valence-electron chi connectivity index (χ4n) is 2.49. The van der Waals surface area contributed by atoms with E-state index in [0.29, 0.717) is 13.0 Å². The molecule has 1 amide bonds. The molecule has 1 aromatic carbocycles. The van der Waals surface area contributed by atoms with Gasteiger partial charge in [-0.3, -0.25) is 4.90 Å². The number of aliphatic hydroxyl groups is 1. The van der Waals surface area contributed by atoms with Crippen molar-refractivity contribution in [3.05, 3.63) is 35.9 Å². The highest BCUT2D eigenvalue weighted by atomic mass is 16.6. The van der Waals surface area contributed by atoms with E-state index in [1.54, 1.807) is 0 Å². The van der Waals surface area contributed by atoms with E-state index in [-0.39, 0.29) is 19.1 Å². The van der Waals surface area contributed by atoms with Crippen molar-refractivity contribution in [2.24, 2.45) is 5.92 Å². The van der Waals surface area contributed by atoms with E-state index >= 15 is 0 Å². The lowest BCUT2D eigenvalue weighted by Gasteiger charge is -2.24. The van der Waals surface area contributed by atoms with Crippen LogP contribution in [0.3, 0.4) is 0 Å². The van der Waals surface area contributed by atoms with Gasteiger partial charge in [0.15, 0.2) is 0 Å². The number of hydrogen-bond donors (Lipinski definition) is 1. The lowest BCUT2D eigenvalue weighted by molar-refractivity contribution is -0.147. The third-order valence-corrected chi connectivity index (χ3v) is 3.64. The Balaban J connectivity index is 1.99. The summed E-state index contributed by atoms with van der Waals surface area (Å²) in [6.45, 7) is 0.356. The van der Waals surface area contributed by atoms with E-state index in [1.165, 1.54) is 12.0 Å². The fourth-order valence-corrected chi connectivity index (χ4v) is 2.49. The van der Waals surface area contributed by atoms with Crippen molar-refractivity contribution in [2.45, 2.75) is 19.1 Å². The Bertz CT molecular complexity index is 490. The summed E-state index contributed by atoms with van der Waals surface area (Å²) in [5.41, 5.74) is 0.873. The van der Waals surface area contributed by atoms with Gasteiger partial charge in [0.2, 0.25) is 0 Å². The Morgan fingerprint density at radius 3 is 2.67 bits per heavy atom. The topological polar surface area (TPSA) is 76.1 Å². The standard InChI is InChI=1S/C15H19NO5/c1-20-14(18)13-12(9-17)7-8-16(13)15(19)21-10-11-5-3-2-4-6-11/h2-6,12-13,17H,7-10H2,1H3/t12-,13+/m0/s1. The van der Waals surface area contributed by atoms with Crippen molar-refractivity contribution in [1.29, 1.82) is 0 Å². The van der Waals surface area contributed by atoms with Crippen molar-refractivity contribution in [3.63, 3.8) is 0 Å². The second-order valence-electron chi connectivity index (χ2n) is 4.93. The predicted molar refractivity (Wildman–Crippen MR) is 74.3 cm³/mol. The molecule has 0 saturated carbocycles. The smallest absolute Gasteiger partial charge is 0.410 e. The average Bonchev–Trinajstić information content (AvgIpc) is 2.96. The molecule has 0 radical (unpaired) electrons. The molecule has 1 aliphatic heterocycles. The van der Waals surface area contributed by atoms with Gasteiger partial charge in [0.25, 0.3) is 0 Å². The van der Waals surface area contributed by atoms with Crippen molar-refractivity contribution in [1.82, 2.24) is 4.90 Å². The van der Waals surface area contributed by atoms with Gasteiger partial charge in [0.05, 0.1) is 7.11 Å². The van der Waals surface area contributed by atoms with Crippen LogP contribution in [0.1, 0.15) is 12.0 Å². The Kier molecular flexibility index (Phi) is 5.16. The van der Waals surface area contributed by atoms with Crippen LogP contribution in [0.2, 0.25) is 0 Å². The molecule has 2 atom stereocenters. The maximum atomic E-state index is 12.1. The molecule has 0 spiro atoms. The Hall–Kier alpha value is -2.08. The Morgan fingerprint density at radius 2 is 2.05 bits per heavy atom. The van der Waals surface area contributed by atoms with Crippen LogP contribution in [-0.2, 0) is 20.9 Å². The summed E-state index contributed by atoms with van der Waals surface area (Å²) >= 11 is 0. The first-order valence-corrected chi connectivity index (χ1v) is 6.83. The number of rotatable bonds is 4. The van der Waals surface area contributed by atoms with E-state index in [4.69, 9.17) is 9.47 Å². The number of amides is 1. The van der Waals surface area contributed by atoms with Crippen LogP contribution in [0.5, 0.6) is 0 Å². The van der Waals surface area contributed by atoms with Crippen molar-refractivity contribution >= 4 is 12.1 Å². The molecule has 0 unspecified atom stereocenters. The summed E-state index contributed by atoms with van der Waals surface area (Å²) in [5, 5.41) is 9.30. The largest absolute Gasteiger partial charge is 0.467 e. The third kappa shape index (κ3) is 3.52. The molecule has 0 bridgehead atoms. The third-order valence-electron chi connectivity index (χ3n) is 3.64. The number of aliphatic hydroxyl groups excluding tert-OH is 1. The van der Waals surface area contributed by atoms with Crippen LogP contribution in [0.15, 0.2) is 30.3 Å². The minimum Gasteiger partial charge on any atom is -0.467 e. The van der Waals surface area contributed by atoms with Crippen molar-refractivity contribution < 1.29 is 24.2 Å². The summed E-state index contributed by atoms with van der Waals surface area (Å²) in [7, 11) is 1.27. The molecule has 1 saturated heterocycles. The molecule has 2 rings (SSSR count). The van der Waals surface area contributed by atoms with Crippen LogP contribution in [0.25, 0.3) is 0 Å². The molecule has 0 aromatic heterocycles. The SMILES string of the molecule is COC(=O)[C@H]1[C@H](CO)CCN1C(=O)OCc1ccccc1. The van der Waals surface area contributed by atoms with Gasteiger partial charge in [-0.2, -0.15) is 0 Å². The second-order valence-corrected chi connectivity index (χ2v) is 4.93. The van der Waals surface area contributed by atoms with E-state index in [9.17, 15) is 14.7 Å². The molecule has 6 nitrogen and oxygen atoms in total.